The SMILES string of the molecule is CCCCCCCCCCCCCCC(=O)OC(CC)C[N+](CC)(CC)CC. The number of carbonyl (C=O) groups is 1. The fraction of sp³-hybridized carbons (Fsp3) is 0.960. The second-order valence-electron chi connectivity index (χ2n) is 8.63. The van der Waals surface area contributed by atoms with E-state index in [-0.39, 0.29) is 12.1 Å². The van der Waals surface area contributed by atoms with Crippen molar-refractivity contribution in [3.63, 3.8) is 0 Å². The number of carbonyl (C=O) groups excluding carboxylic acids is 1. The molecule has 0 rings (SSSR count). The average molecular weight is 399 g/mol. The quantitative estimate of drug-likeness (QED) is 0.122. The van der Waals surface area contributed by atoms with Gasteiger partial charge in [-0.15, -0.1) is 0 Å². The van der Waals surface area contributed by atoms with Crippen LogP contribution in [0.5, 0.6) is 0 Å². The van der Waals surface area contributed by atoms with Gasteiger partial charge in [-0.3, -0.25) is 4.79 Å². The molecular weight excluding hydrogens is 346 g/mol. The number of likely N-dealkylation sites (N-methyl/N-ethyl adjacent to an activating group) is 1. The molecular formula is C25H52NO2+. The number of unbranched alkanes of at least 4 members (excludes halogenated alkanes) is 11. The van der Waals surface area contributed by atoms with E-state index in [1.165, 1.54) is 70.6 Å². The van der Waals surface area contributed by atoms with Crippen LogP contribution in [-0.4, -0.2) is 42.7 Å². The zero-order chi connectivity index (χ0) is 21.1. The van der Waals surface area contributed by atoms with Gasteiger partial charge in [0, 0.05) is 6.42 Å². The van der Waals surface area contributed by atoms with Crippen LogP contribution in [0.15, 0.2) is 0 Å². The molecule has 0 aliphatic heterocycles. The zero-order valence-electron chi connectivity index (χ0n) is 20.1. The standard InChI is InChI=1S/C25H52NO2/c1-6-11-12-13-14-15-16-17-18-19-20-21-22-25(27)28-24(7-2)23-26(8-3,9-4)10-5/h24H,6-23H2,1-5H3/q+1. The van der Waals surface area contributed by atoms with Gasteiger partial charge in [0.25, 0.3) is 0 Å². The van der Waals surface area contributed by atoms with Crippen molar-refractivity contribution >= 4 is 5.97 Å². The van der Waals surface area contributed by atoms with Crippen LogP contribution in [0.3, 0.4) is 0 Å². The average Bonchev–Trinajstić information content (AvgIpc) is 2.72. The molecule has 1 atom stereocenters. The fourth-order valence-electron chi connectivity index (χ4n) is 4.09. The van der Waals surface area contributed by atoms with Crippen LogP contribution < -0.4 is 0 Å². The Balaban J connectivity index is 3.72. The molecule has 0 aromatic rings. The Morgan fingerprint density at radius 2 is 1.11 bits per heavy atom. The molecule has 28 heavy (non-hydrogen) atoms. The normalized spacial score (nSPS) is 12.9. The van der Waals surface area contributed by atoms with Crippen LogP contribution in [0.2, 0.25) is 0 Å². The van der Waals surface area contributed by atoms with Gasteiger partial charge in [0.15, 0.2) is 6.10 Å². The number of nitrogens with zero attached hydrogens (tertiary/aromatic N) is 1. The van der Waals surface area contributed by atoms with Crippen molar-refractivity contribution in [3.8, 4) is 0 Å². The first-order chi connectivity index (χ1) is 13.6. The highest BCUT2D eigenvalue weighted by molar-refractivity contribution is 5.69. The predicted octanol–water partition coefficient (Wildman–Crippen LogP) is 7.28. The Morgan fingerprint density at radius 1 is 0.679 bits per heavy atom. The first-order valence-electron chi connectivity index (χ1n) is 12.6. The van der Waals surface area contributed by atoms with Crippen LogP contribution in [0.25, 0.3) is 0 Å². The molecule has 0 saturated heterocycles. The van der Waals surface area contributed by atoms with Crippen molar-refractivity contribution in [2.75, 3.05) is 26.2 Å². The predicted molar refractivity (Wildman–Crippen MR) is 123 cm³/mol. The van der Waals surface area contributed by atoms with E-state index < -0.39 is 0 Å². The summed E-state index contributed by atoms with van der Waals surface area (Å²) in [4.78, 5) is 12.2. The zero-order valence-corrected chi connectivity index (χ0v) is 20.1. The lowest BCUT2D eigenvalue weighted by Crippen LogP contribution is -2.52. The number of quaternary nitrogens is 1. The number of hydrogen-bond donors (Lipinski definition) is 0. The highest BCUT2D eigenvalue weighted by Crippen LogP contribution is 2.15. The molecule has 0 saturated carbocycles. The van der Waals surface area contributed by atoms with E-state index in [1.54, 1.807) is 0 Å². The molecule has 0 aliphatic rings. The van der Waals surface area contributed by atoms with E-state index in [2.05, 4.69) is 34.6 Å². The molecule has 0 spiro atoms. The molecule has 0 fully saturated rings. The minimum absolute atomic E-state index is 0.0142. The summed E-state index contributed by atoms with van der Waals surface area (Å²) in [6.45, 7) is 15.4. The van der Waals surface area contributed by atoms with Crippen molar-refractivity contribution in [2.45, 2.75) is 131 Å². The van der Waals surface area contributed by atoms with Crippen molar-refractivity contribution in [2.24, 2.45) is 0 Å². The largest absolute Gasteiger partial charge is 0.456 e. The lowest BCUT2D eigenvalue weighted by Gasteiger charge is -2.38. The maximum Gasteiger partial charge on any atom is 0.306 e. The Morgan fingerprint density at radius 3 is 1.50 bits per heavy atom. The highest BCUT2D eigenvalue weighted by Gasteiger charge is 2.27. The summed E-state index contributed by atoms with van der Waals surface area (Å²) in [5.74, 6) is 0.0142. The van der Waals surface area contributed by atoms with Gasteiger partial charge < -0.3 is 9.22 Å². The Bertz CT molecular complexity index is 344. The fourth-order valence-corrected chi connectivity index (χ4v) is 4.09. The minimum atomic E-state index is 0.0142. The summed E-state index contributed by atoms with van der Waals surface area (Å²) in [5.41, 5.74) is 0. The van der Waals surface area contributed by atoms with Crippen molar-refractivity contribution in [3.05, 3.63) is 0 Å². The maximum atomic E-state index is 12.2. The van der Waals surface area contributed by atoms with Crippen molar-refractivity contribution in [1.29, 1.82) is 0 Å². The number of rotatable bonds is 20. The van der Waals surface area contributed by atoms with Crippen LogP contribution in [-0.2, 0) is 9.53 Å². The first-order valence-corrected chi connectivity index (χ1v) is 12.6. The Kier molecular flexibility index (Phi) is 18.1. The molecule has 0 radical (unpaired) electrons. The summed E-state index contributed by atoms with van der Waals surface area (Å²) in [7, 11) is 0. The first kappa shape index (κ1) is 27.4. The number of ether oxygens (including phenoxy) is 1. The van der Waals surface area contributed by atoms with Gasteiger partial charge in [-0.05, 0) is 33.6 Å². The summed E-state index contributed by atoms with van der Waals surface area (Å²) in [5, 5.41) is 0. The third kappa shape index (κ3) is 13.6. The van der Waals surface area contributed by atoms with E-state index in [9.17, 15) is 4.79 Å². The topological polar surface area (TPSA) is 26.3 Å². The number of hydrogen-bond acceptors (Lipinski definition) is 2. The molecule has 0 aromatic carbocycles. The van der Waals surface area contributed by atoms with Crippen LogP contribution >= 0.6 is 0 Å². The molecule has 3 heteroatoms. The van der Waals surface area contributed by atoms with Crippen LogP contribution in [0, 0.1) is 0 Å². The molecule has 0 amide bonds. The minimum Gasteiger partial charge on any atom is -0.456 e. The van der Waals surface area contributed by atoms with Gasteiger partial charge in [-0.25, -0.2) is 0 Å². The van der Waals surface area contributed by atoms with Crippen molar-refractivity contribution in [1.82, 2.24) is 0 Å². The Hall–Kier alpha value is -0.570. The summed E-state index contributed by atoms with van der Waals surface area (Å²) in [6, 6.07) is 0. The van der Waals surface area contributed by atoms with Gasteiger partial charge in [-0.2, -0.15) is 0 Å². The highest BCUT2D eigenvalue weighted by atomic mass is 16.5. The Labute approximate surface area is 177 Å². The van der Waals surface area contributed by atoms with Gasteiger partial charge in [0.2, 0.25) is 0 Å². The monoisotopic (exact) mass is 398 g/mol. The van der Waals surface area contributed by atoms with E-state index >= 15 is 0 Å². The lowest BCUT2D eigenvalue weighted by molar-refractivity contribution is -0.925. The molecule has 0 aromatic heterocycles. The van der Waals surface area contributed by atoms with E-state index in [0.29, 0.717) is 6.42 Å². The van der Waals surface area contributed by atoms with Gasteiger partial charge >= 0.3 is 5.97 Å². The van der Waals surface area contributed by atoms with Crippen molar-refractivity contribution < 1.29 is 14.0 Å². The number of esters is 1. The molecule has 0 N–H and O–H groups in total. The smallest absolute Gasteiger partial charge is 0.306 e. The molecule has 168 valence electrons. The lowest BCUT2D eigenvalue weighted by atomic mass is 10.0. The maximum absolute atomic E-state index is 12.2. The summed E-state index contributed by atoms with van der Waals surface area (Å²) < 4.78 is 6.85. The second-order valence-corrected chi connectivity index (χ2v) is 8.63. The summed E-state index contributed by atoms with van der Waals surface area (Å²) in [6.07, 6.45) is 17.5. The molecule has 0 aliphatic carbocycles. The van der Waals surface area contributed by atoms with Gasteiger partial charge in [0.1, 0.15) is 6.54 Å². The van der Waals surface area contributed by atoms with E-state index in [4.69, 9.17) is 4.74 Å². The summed E-state index contributed by atoms with van der Waals surface area (Å²) >= 11 is 0. The third-order valence-corrected chi connectivity index (χ3v) is 6.59. The van der Waals surface area contributed by atoms with Gasteiger partial charge in [-0.1, -0.05) is 84.5 Å². The van der Waals surface area contributed by atoms with E-state index in [0.717, 1.165) is 43.5 Å². The van der Waals surface area contributed by atoms with E-state index in [1.807, 2.05) is 0 Å². The third-order valence-electron chi connectivity index (χ3n) is 6.59. The second kappa shape index (κ2) is 18.5. The van der Waals surface area contributed by atoms with Gasteiger partial charge in [0.05, 0.1) is 19.6 Å². The van der Waals surface area contributed by atoms with Crippen LogP contribution in [0.4, 0.5) is 0 Å². The molecule has 0 heterocycles. The van der Waals surface area contributed by atoms with Crippen LogP contribution in [0.1, 0.15) is 125 Å². The molecule has 3 nitrogen and oxygen atoms in total. The molecule has 0 bridgehead atoms. The molecule has 1 unspecified atom stereocenters.